The molecule has 8 aliphatic carbocycles. The maximum atomic E-state index is 15.2. The van der Waals surface area contributed by atoms with Crippen molar-refractivity contribution in [3.63, 3.8) is 0 Å². The zero-order chi connectivity index (χ0) is 44.6. The number of hydrogen-bond donors (Lipinski definition) is 10. The molecule has 10 rings (SSSR count). The third-order valence-corrected chi connectivity index (χ3v) is 19.1. The molecule has 0 radical (unpaired) electrons. The minimum absolute atomic E-state index is 0.0483. The number of carbonyl (C=O) groups is 1. The lowest BCUT2D eigenvalue weighted by Gasteiger charge is -2.65. The number of ketones is 1. The molecule has 62 heavy (non-hydrogen) atoms. The van der Waals surface area contributed by atoms with Crippen molar-refractivity contribution in [3.05, 3.63) is 46.6 Å². The first-order valence-corrected chi connectivity index (χ1v) is 23.5. The molecule has 1 saturated heterocycles. The van der Waals surface area contributed by atoms with Crippen LogP contribution in [-0.2, 0) is 20.7 Å². The topological polar surface area (TPSA) is 221 Å². The number of rotatable bonds is 11. The first-order valence-electron chi connectivity index (χ1n) is 23.5. The van der Waals surface area contributed by atoms with Crippen LogP contribution in [0, 0.1) is 51.8 Å². The van der Waals surface area contributed by atoms with Gasteiger partial charge in [-0.15, -0.1) is 0 Å². The highest BCUT2D eigenvalue weighted by molar-refractivity contribution is 5.96. The van der Waals surface area contributed by atoms with Crippen LogP contribution in [-0.4, -0.2) is 134 Å². The molecule has 9 aliphatic rings. The molecule has 2 bridgehead atoms. The lowest BCUT2D eigenvalue weighted by Crippen LogP contribution is -2.70. The maximum Gasteiger partial charge on any atom is 0.160 e. The number of ether oxygens (including phenoxy) is 2. The Morgan fingerprint density at radius 3 is 2.44 bits per heavy atom. The van der Waals surface area contributed by atoms with Gasteiger partial charge in [0.25, 0.3) is 0 Å². The summed E-state index contributed by atoms with van der Waals surface area (Å²) in [7, 11) is 1.80. The summed E-state index contributed by atoms with van der Waals surface area (Å²) in [4.78, 5) is 15.2. The molecule has 10 N–H and O–H groups in total. The molecule has 0 unspecified atom stereocenters. The molecule has 13 nitrogen and oxygen atoms in total. The van der Waals surface area contributed by atoms with E-state index in [1.165, 1.54) is 6.07 Å². The average molecular weight is 865 g/mol. The third-order valence-electron chi connectivity index (χ3n) is 19.1. The fraction of sp³-hybridized carbons (Fsp3) is 0.776. The summed E-state index contributed by atoms with van der Waals surface area (Å²) in [6, 6.07) is 2.85. The van der Waals surface area contributed by atoms with Gasteiger partial charge in [0.15, 0.2) is 5.78 Å². The molecule has 1 spiro atoms. The monoisotopic (exact) mass is 865 g/mol. The lowest BCUT2D eigenvalue weighted by molar-refractivity contribution is -0.247. The first kappa shape index (κ1) is 44.8. The molecule has 4 saturated carbocycles. The number of nitrogens with one attached hydrogen (secondary N) is 2. The van der Waals surface area contributed by atoms with E-state index in [9.17, 15) is 40.9 Å². The average Bonchev–Trinajstić information content (AvgIpc) is 3.56. The second kappa shape index (κ2) is 15.1. The predicted octanol–water partition coefficient (Wildman–Crippen LogP) is 2.99. The van der Waals surface area contributed by atoms with Gasteiger partial charge in [-0.2, -0.15) is 0 Å². The predicted molar refractivity (Wildman–Crippen MR) is 230 cm³/mol. The van der Waals surface area contributed by atoms with Crippen LogP contribution in [0.25, 0.3) is 0 Å². The van der Waals surface area contributed by atoms with E-state index in [-0.39, 0.29) is 91.9 Å². The molecule has 1 aromatic carbocycles. The number of aliphatic hydroxyl groups excluding tert-OH is 3. The highest BCUT2D eigenvalue weighted by atomic mass is 16.6. The quantitative estimate of drug-likeness (QED) is 0.145. The van der Waals surface area contributed by atoms with Crippen molar-refractivity contribution in [1.82, 2.24) is 10.6 Å². The summed E-state index contributed by atoms with van der Waals surface area (Å²) < 4.78 is 14.1. The van der Waals surface area contributed by atoms with Crippen molar-refractivity contribution in [2.75, 3.05) is 46.5 Å². The molecule has 5 fully saturated rings. The minimum Gasteiger partial charge on any atom is -0.508 e. The van der Waals surface area contributed by atoms with Crippen molar-refractivity contribution in [3.8, 4) is 11.5 Å². The van der Waals surface area contributed by atoms with Gasteiger partial charge in [-0.3, -0.25) is 4.79 Å². The van der Waals surface area contributed by atoms with E-state index >= 15 is 4.79 Å². The third kappa shape index (κ3) is 5.71. The van der Waals surface area contributed by atoms with Gasteiger partial charge < -0.3 is 61.0 Å². The highest BCUT2D eigenvalue weighted by Crippen LogP contribution is 2.76. The van der Waals surface area contributed by atoms with Crippen LogP contribution >= 0.6 is 0 Å². The number of phenolic OH excluding ortho intramolecular Hbond substituents is 2. The number of aromatic hydroxyl groups is 2. The first-order chi connectivity index (χ1) is 29.3. The highest BCUT2D eigenvalue weighted by Gasteiger charge is 2.82. The van der Waals surface area contributed by atoms with Gasteiger partial charge in [-0.05, 0) is 110 Å². The number of fused-ring (bicyclic) bond motifs is 13. The Balaban J connectivity index is 1.14. The fourth-order valence-corrected chi connectivity index (χ4v) is 16.0. The van der Waals surface area contributed by atoms with Gasteiger partial charge in [0.05, 0.1) is 36.1 Å². The van der Waals surface area contributed by atoms with E-state index in [4.69, 9.17) is 9.47 Å². The van der Waals surface area contributed by atoms with Crippen LogP contribution < -0.4 is 10.6 Å². The summed E-state index contributed by atoms with van der Waals surface area (Å²) in [6.07, 6.45) is 4.74. The molecule has 13 heteroatoms. The smallest absolute Gasteiger partial charge is 0.160 e. The molecule has 344 valence electrons. The van der Waals surface area contributed by atoms with Crippen LogP contribution in [0.3, 0.4) is 0 Å². The Morgan fingerprint density at radius 2 is 1.74 bits per heavy atom. The summed E-state index contributed by atoms with van der Waals surface area (Å²) in [5, 5.41) is 103. The van der Waals surface area contributed by atoms with Crippen molar-refractivity contribution in [1.29, 1.82) is 0 Å². The van der Waals surface area contributed by atoms with E-state index in [0.29, 0.717) is 55.5 Å². The van der Waals surface area contributed by atoms with Crippen molar-refractivity contribution in [2.24, 2.45) is 51.8 Å². The Hall–Kier alpha value is -2.43. The number of hydrogen-bond acceptors (Lipinski definition) is 13. The van der Waals surface area contributed by atoms with Gasteiger partial charge in [0, 0.05) is 80.2 Å². The number of benzene rings is 1. The van der Waals surface area contributed by atoms with Gasteiger partial charge in [-0.1, -0.05) is 46.3 Å². The second-order valence-electron chi connectivity index (χ2n) is 21.8. The molecule has 0 aromatic heterocycles. The molecular formula is C49H72N2O11. The van der Waals surface area contributed by atoms with E-state index in [1.54, 1.807) is 19.2 Å². The summed E-state index contributed by atoms with van der Waals surface area (Å²) >= 11 is 0. The van der Waals surface area contributed by atoms with Crippen LogP contribution in [0.15, 0.2) is 35.4 Å². The molecule has 1 aromatic rings. The summed E-state index contributed by atoms with van der Waals surface area (Å²) in [5.74, 6) is -4.03. The summed E-state index contributed by atoms with van der Waals surface area (Å²) in [6.45, 7) is 11.8. The SMILES string of the molecule is CCNCC1=C[C@@]2(C)CC[C@@H]1[C@]1(O[C@H]3C[C@@]4(O)C5=CC(=O)[C@@H]6[C@@H]7c8cc(O)cc(O)c8CC[C@]7(O)[C@@H](OC[C@H](CO)CNC)C[C@]6(C)[C@H]5CC[C@]4(C)[C@H]3[C@]1(O)CCO)[C@@H](O)[C@H]2C. The van der Waals surface area contributed by atoms with E-state index < -0.39 is 69.3 Å². The lowest BCUT2D eigenvalue weighted by atomic mass is 9.41. The Bertz CT molecular complexity index is 2030. The Kier molecular flexibility index (Phi) is 10.9. The number of likely N-dealkylation sites (N-methyl/N-ethyl adjacent to an activating group) is 1. The fourth-order valence-electron chi connectivity index (χ4n) is 16.0. The normalized spacial score (nSPS) is 48.0. The number of phenols is 2. The van der Waals surface area contributed by atoms with E-state index in [1.807, 2.05) is 13.8 Å². The van der Waals surface area contributed by atoms with Crippen molar-refractivity contribution < 1.29 is 55.1 Å². The summed E-state index contributed by atoms with van der Waals surface area (Å²) in [5.41, 5.74) is -5.77. The van der Waals surface area contributed by atoms with Crippen LogP contribution in [0.2, 0.25) is 0 Å². The van der Waals surface area contributed by atoms with E-state index in [2.05, 4.69) is 37.5 Å². The van der Waals surface area contributed by atoms with Crippen molar-refractivity contribution >= 4 is 5.78 Å². The van der Waals surface area contributed by atoms with Gasteiger partial charge in [0.1, 0.15) is 22.7 Å². The Morgan fingerprint density at radius 1 is 1.00 bits per heavy atom. The number of allylic oxidation sites excluding steroid dienone is 2. The maximum absolute atomic E-state index is 15.2. The molecule has 0 amide bonds. The number of carbonyl (C=O) groups excluding carboxylic acids is 1. The molecule has 1 heterocycles. The Labute approximate surface area is 366 Å². The van der Waals surface area contributed by atoms with Crippen molar-refractivity contribution in [2.45, 2.75) is 139 Å². The number of aliphatic hydroxyl groups is 6. The minimum atomic E-state index is -1.74. The standard InChI is InChI=1S/C49H72N2O11/c1-7-51-23-28-19-43(3)11-9-32(28)49(42(57)26(43)2)47(59,14-15-52)41-37(62-49)20-48(60)34-18-36(56)40-39-31-16-29(54)17-35(55)30(31)8-13-46(39,58)38(61-25-27(24-53)22-50-6)21-44(40,4)33(34)10-12-45(41,48)5/h16-19,26-27,32-33,37-42,50-55,57-60H,7-15,20-25H2,1-6H3/t26-,27+,32+,33+,37+,38+,39+,40-,41+,42+,43-,44-,45-,46+,47-,48-,49+/m1/s1. The zero-order valence-electron chi connectivity index (χ0n) is 37.5. The van der Waals surface area contributed by atoms with Crippen LogP contribution in [0.4, 0.5) is 0 Å². The van der Waals surface area contributed by atoms with Gasteiger partial charge >= 0.3 is 0 Å². The van der Waals surface area contributed by atoms with Crippen LogP contribution in [0.1, 0.15) is 103 Å². The largest absolute Gasteiger partial charge is 0.508 e. The second-order valence-corrected chi connectivity index (χ2v) is 21.8. The van der Waals surface area contributed by atoms with Crippen LogP contribution in [0.5, 0.6) is 11.5 Å². The van der Waals surface area contributed by atoms with E-state index in [0.717, 1.165) is 18.5 Å². The zero-order valence-corrected chi connectivity index (χ0v) is 37.5. The molecule has 17 atom stereocenters. The molecular weight excluding hydrogens is 793 g/mol. The van der Waals surface area contributed by atoms with Gasteiger partial charge in [-0.25, -0.2) is 0 Å². The van der Waals surface area contributed by atoms with Gasteiger partial charge in [0.2, 0.25) is 0 Å². The molecule has 1 aliphatic heterocycles.